The Morgan fingerprint density at radius 1 is 1.65 bits per heavy atom. The van der Waals surface area contributed by atoms with Crippen molar-refractivity contribution in [1.82, 2.24) is 15.5 Å². The maximum atomic E-state index is 11.7. The Morgan fingerprint density at radius 2 is 2.29 bits per heavy atom. The van der Waals surface area contributed by atoms with Crippen molar-refractivity contribution < 1.29 is 14.7 Å². The maximum absolute atomic E-state index is 11.7. The lowest BCUT2D eigenvalue weighted by molar-refractivity contribution is -0.126. The van der Waals surface area contributed by atoms with Crippen LogP contribution in [0.4, 0.5) is 0 Å². The molecule has 3 N–H and O–H groups in total. The van der Waals surface area contributed by atoms with E-state index in [1.54, 1.807) is 6.92 Å². The summed E-state index contributed by atoms with van der Waals surface area (Å²) in [6.07, 6.45) is 0.923. The highest BCUT2D eigenvalue weighted by Gasteiger charge is 2.29. The zero-order valence-corrected chi connectivity index (χ0v) is 10.6. The SMILES string of the molecule is CN(C)CC(C)(O)CNC(=O)[C@H]1CCC(=O)N1. The van der Waals surface area contributed by atoms with Crippen LogP contribution in [0.3, 0.4) is 0 Å². The van der Waals surface area contributed by atoms with Crippen LogP contribution in [0.25, 0.3) is 0 Å². The molecule has 1 rings (SSSR count). The molecule has 2 amide bonds. The van der Waals surface area contributed by atoms with Gasteiger partial charge in [0.1, 0.15) is 6.04 Å². The van der Waals surface area contributed by atoms with Gasteiger partial charge in [0.2, 0.25) is 11.8 Å². The topological polar surface area (TPSA) is 81.7 Å². The summed E-state index contributed by atoms with van der Waals surface area (Å²) in [4.78, 5) is 24.5. The van der Waals surface area contributed by atoms with E-state index in [4.69, 9.17) is 0 Å². The van der Waals surface area contributed by atoms with Gasteiger partial charge in [-0.1, -0.05) is 0 Å². The van der Waals surface area contributed by atoms with Crippen molar-refractivity contribution in [2.24, 2.45) is 0 Å². The van der Waals surface area contributed by atoms with Crippen LogP contribution < -0.4 is 10.6 Å². The molecule has 0 radical (unpaired) electrons. The monoisotopic (exact) mass is 243 g/mol. The fraction of sp³-hybridized carbons (Fsp3) is 0.818. The third-order valence-corrected chi connectivity index (χ3v) is 2.61. The predicted octanol–water partition coefficient (Wildman–Crippen LogP) is -1.31. The maximum Gasteiger partial charge on any atom is 0.242 e. The number of carbonyl (C=O) groups is 2. The van der Waals surface area contributed by atoms with Crippen LogP contribution in [0.2, 0.25) is 0 Å². The molecule has 2 atom stereocenters. The van der Waals surface area contributed by atoms with Gasteiger partial charge in [-0.25, -0.2) is 0 Å². The number of carbonyl (C=O) groups excluding carboxylic acids is 2. The van der Waals surface area contributed by atoms with Crippen LogP contribution >= 0.6 is 0 Å². The zero-order valence-electron chi connectivity index (χ0n) is 10.6. The summed E-state index contributed by atoms with van der Waals surface area (Å²) in [6.45, 7) is 2.31. The van der Waals surface area contributed by atoms with Gasteiger partial charge in [0.05, 0.1) is 5.60 Å². The number of amides is 2. The molecule has 1 aliphatic rings. The fourth-order valence-corrected chi connectivity index (χ4v) is 1.95. The lowest BCUT2D eigenvalue weighted by Gasteiger charge is -2.27. The van der Waals surface area contributed by atoms with Gasteiger partial charge in [-0.15, -0.1) is 0 Å². The number of nitrogens with zero attached hydrogens (tertiary/aromatic N) is 1. The molecule has 1 heterocycles. The van der Waals surface area contributed by atoms with Gasteiger partial charge in [-0.3, -0.25) is 9.59 Å². The minimum atomic E-state index is -0.970. The first-order chi connectivity index (χ1) is 7.80. The van der Waals surface area contributed by atoms with E-state index >= 15 is 0 Å². The van der Waals surface area contributed by atoms with Crippen molar-refractivity contribution in [2.45, 2.75) is 31.4 Å². The third kappa shape index (κ3) is 4.70. The van der Waals surface area contributed by atoms with Crippen molar-refractivity contribution in [3.8, 4) is 0 Å². The Bertz CT molecular complexity index is 302. The molecule has 17 heavy (non-hydrogen) atoms. The van der Waals surface area contributed by atoms with Crippen molar-refractivity contribution in [2.75, 3.05) is 27.2 Å². The molecular weight excluding hydrogens is 222 g/mol. The Kier molecular flexibility index (Phi) is 4.47. The van der Waals surface area contributed by atoms with Gasteiger partial charge in [0.25, 0.3) is 0 Å². The fourth-order valence-electron chi connectivity index (χ4n) is 1.95. The van der Waals surface area contributed by atoms with E-state index in [1.807, 2.05) is 19.0 Å². The summed E-state index contributed by atoms with van der Waals surface area (Å²) in [5.41, 5.74) is -0.970. The minimum Gasteiger partial charge on any atom is -0.387 e. The molecule has 1 aliphatic heterocycles. The summed E-state index contributed by atoms with van der Waals surface area (Å²) >= 11 is 0. The van der Waals surface area contributed by atoms with E-state index < -0.39 is 11.6 Å². The average Bonchev–Trinajstić information content (AvgIpc) is 2.59. The molecule has 0 bridgehead atoms. The molecule has 98 valence electrons. The van der Waals surface area contributed by atoms with Crippen LogP contribution in [0.15, 0.2) is 0 Å². The third-order valence-electron chi connectivity index (χ3n) is 2.61. The summed E-state index contributed by atoms with van der Waals surface area (Å²) in [6, 6.07) is -0.447. The lowest BCUT2D eigenvalue weighted by Crippen LogP contribution is -2.50. The molecule has 6 nitrogen and oxygen atoms in total. The summed E-state index contributed by atoms with van der Waals surface area (Å²) in [5, 5.41) is 15.2. The normalized spacial score (nSPS) is 23.4. The van der Waals surface area contributed by atoms with E-state index in [0.717, 1.165) is 0 Å². The lowest BCUT2D eigenvalue weighted by atomic mass is 10.1. The predicted molar refractivity (Wildman–Crippen MR) is 63.4 cm³/mol. The van der Waals surface area contributed by atoms with E-state index in [-0.39, 0.29) is 18.4 Å². The molecule has 0 aliphatic carbocycles. The number of rotatable bonds is 5. The van der Waals surface area contributed by atoms with Crippen molar-refractivity contribution in [3.63, 3.8) is 0 Å². The first-order valence-corrected chi connectivity index (χ1v) is 5.74. The van der Waals surface area contributed by atoms with E-state index in [2.05, 4.69) is 10.6 Å². The first kappa shape index (κ1) is 13.9. The molecule has 1 saturated heterocycles. The summed E-state index contributed by atoms with van der Waals surface area (Å²) in [7, 11) is 3.71. The number of aliphatic hydroxyl groups is 1. The van der Waals surface area contributed by atoms with Gasteiger partial charge in [-0.2, -0.15) is 0 Å². The first-order valence-electron chi connectivity index (χ1n) is 5.74. The highest BCUT2D eigenvalue weighted by atomic mass is 16.3. The van der Waals surface area contributed by atoms with Gasteiger partial charge in [0.15, 0.2) is 0 Å². The molecule has 0 saturated carbocycles. The van der Waals surface area contributed by atoms with E-state index in [1.165, 1.54) is 0 Å². The largest absolute Gasteiger partial charge is 0.387 e. The Labute approximate surface area is 101 Å². The second-order valence-electron chi connectivity index (χ2n) is 5.11. The quantitative estimate of drug-likeness (QED) is 0.560. The zero-order chi connectivity index (χ0) is 13.1. The van der Waals surface area contributed by atoms with Crippen molar-refractivity contribution >= 4 is 11.8 Å². The smallest absolute Gasteiger partial charge is 0.242 e. The summed E-state index contributed by atoms with van der Waals surface area (Å²) < 4.78 is 0. The van der Waals surface area contributed by atoms with Crippen molar-refractivity contribution in [3.05, 3.63) is 0 Å². The molecule has 1 unspecified atom stereocenters. The van der Waals surface area contributed by atoms with Crippen LogP contribution in [0, 0.1) is 0 Å². The number of nitrogens with one attached hydrogen (secondary N) is 2. The Morgan fingerprint density at radius 3 is 2.76 bits per heavy atom. The summed E-state index contributed by atoms with van der Waals surface area (Å²) in [5.74, 6) is -0.319. The highest BCUT2D eigenvalue weighted by Crippen LogP contribution is 2.07. The van der Waals surface area contributed by atoms with Crippen LogP contribution in [0.5, 0.6) is 0 Å². The average molecular weight is 243 g/mol. The van der Waals surface area contributed by atoms with Crippen LogP contribution in [0.1, 0.15) is 19.8 Å². The van der Waals surface area contributed by atoms with Gasteiger partial charge in [0, 0.05) is 19.5 Å². The Balaban J connectivity index is 2.34. The van der Waals surface area contributed by atoms with Crippen LogP contribution in [-0.2, 0) is 9.59 Å². The number of hydrogen-bond donors (Lipinski definition) is 3. The van der Waals surface area contributed by atoms with Gasteiger partial charge < -0.3 is 20.6 Å². The standard InChI is InChI=1S/C11H21N3O3/c1-11(17,7-14(2)3)6-12-10(16)8-4-5-9(15)13-8/h8,17H,4-7H2,1-3H3,(H,12,16)(H,13,15)/t8-,11?/m1/s1. The molecule has 0 aromatic heterocycles. The highest BCUT2D eigenvalue weighted by molar-refractivity contribution is 5.90. The molecule has 0 aromatic carbocycles. The molecule has 0 spiro atoms. The van der Waals surface area contributed by atoms with Crippen LogP contribution in [-0.4, -0.2) is 60.6 Å². The van der Waals surface area contributed by atoms with Gasteiger partial charge in [-0.05, 0) is 27.4 Å². The molecule has 0 aromatic rings. The van der Waals surface area contributed by atoms with E-state index in [9.17, 15) is 14.7 Å². The van der Waals surface area contributed by atoms with E-state index in [0.29, 0.717) is 19.4 Å². The minimum absolute atomic E-state index is 0.0924. The second kappa shape index (κ2) is 5.46. The number of hydrogen-bond acceptors (Lipinski definition) is 4. The Hall–Kier alpha value is -1.14. The number of likely N-dealkylation sites (N-methyl/N-ethyl adjacent to an activating group) is 1. The second-order valence-corrected chi connectivity index (χ2v) is 5.11. The molecular formula is C11H21N3O3. The van der Waals surface area contributed by atoms with Gasteiger partial charge >= 0.3 is 0 Å². The molecule has 1 fully saturated rings. The van der Waals surface area contributed by atoms with Crippen molar-refractivity contribution in [1.29, 1.82) is 0 Å². The molecule has 6 heteroatoms.